The second-order valence-corrected chi connectivity index (χ2v) is 6.39. The fraction of sp³-hybridized carbons (Fsp3) is 0.188. The Bertz CT molecular complexity index is 642. The number of nitrogens with zero attached hydrogens (tertiary/aromatic N) is 1. The van der Waals surface area contributed by atoms with Crippen molar-refractivity contribution >= 4 is 39.1 Å². The minimum absolute atomic E-state index is 0.0663. The van der Waals surface area contributed by atoms with Gasteiger partial charge in [0.2, 0.25) is 5.91 Å². The molecular weight excluding hydrogens is 354 g/mol. The summed E-state index contributed by atoms with van der Waals surface area (Å²) in [4.78, 5) is 13.5. The third kappa shape index (κ3) is 3.39. The minimum atomic E-state index is -0.101. The maximum atomic E-state index is 11.8. The van der Waals surface area contributed by atoms with Crippen LogP contribution in [0.25, 0.3) is 0 Å². The molecule has 1 saturated heterocycles. The van der Waals surface area contributed by atoms with Gasteiger partial charge in [0.25, 0.3) is 0 Å². The van der Waals surface area contributed by atoms with Crippen molar-refractivity contribution in [2.24, 2.45) is 0 Å². The van der Waals surface area contributed by atoms with E-state index in [2.05, 4.69) is 15.9 Å². The van der Waals surface area contributed by atoms with Gasteiger partial charge in [-0.2, -0.15) is 0 Å². The van der Waals surface area contributed by atoms with Crippen LogP contribution in [0.4, 0.5) is 5.69 Å². The van der Waals surface area contributed by atoms with E-state index in [1.165, 1.54) is 0 Å². The fourth-order valence-corrected chi connectivity index (χ4v) is 2.78. The number of anilines is 1. The van der Waals surface area contributed by atoms with Gasteiger partial charge in [-0.05, 0) is 48.5 Å². The van der Waals surface area contributed by atoms with Crippen molar-refractivity contribution in [1.29, 1.82) is 0 Å². The van der Waals surface area contributed by atoms with E-state index in [-0.39, 0.29) is 11.3 Å². The predicted octanol–water partition coefficient (Wildman–Crippen LogP) is 4.59. The first kappa shape index (κ1) is 14.4. The van der Waals surface area contributed by atoms with Crippen LogP contribution in [0.1, 0.15) is 6.42 Å². The first-order valence-corrected chi connectivity index (χ1v) is 7.83. The molecular formula is C16H13BrClNO2. The topological polar surface area (TPSA) is 29.5 Å². The molecule has 1 heterocycles. The highest BCUT2D eigenvalue weighted by Crippen LogP contribution is 2.28. The van der Waals surface area contributed by atoms with Crippen molar-refractivity contribution in [3.63, 3.8) is 0 Å². The summed E-state index contributed by atoms with van der Waals surface area (Å²) in [7, 11) is 0. The maximum absolute atomic E-state index is 11.8. The number of ether oxygens (including phenoxy) is 1. The molecule has 21 heavy (non-hydrogen) atoms. The van der Waals surface area contributed by atoms with E-state index in [4.69, 9.17) is 16.3 Å². The van der Waals surface area contributed by atoms with Crippen LogP contribution in [0.3, 0.4) is 0 Å². The summed E-state index contributed by atoms with van der Waals surface area (Å²) in [6, 6.07) is 15.1. The van der Waals surface area contributed by atoms with Gasteiger partial charge in [-0.15, -0.1) is 11.6 Å². The Kier molecular flexibility index (Phi) is 4.17. The molecule has 1 unspecified atom stereocenters. The van der Waals surface area contributed by atoms with Crippen molar-refractivity contribution in [2.45, 2.75) is 11.8 Å². The van der Waals surface area contributed by atoms with Gasteiger partial charge in [0.15, 0.2) is 0 Å². The van der Waals surface area contributed by atoms with Crippen molar-refractivity contribution in [2.75, 3.05) is 11.4 Å². The molecule has 1 fully saturated rings. The van der Waals surface area contributed by atoms with Gasteiger partial charge in [-0.3, -0.25) is 4.79 Å². The van der Waals surface area contributed by atoms with Gasteiger partial charge in [0.05, 0.1) is 5.38 Å². The zero-order valence-electron chi connectivity index (χ0n) is 11.1. The Morgan fingerprint density at radius 3 is 2.14 bits per heavy atom. The van der Waals surface area contributed by atoms with E-state index >= 15 is 0 Å². The van der Waals surface area contributed by atoms with Crippen molar-refractivity contribution < 1.29 is 9.53 Å². The van der Waals surface area contributed by atoms with E-state index in [9.17, 15) is 4.79 Å². The highest BCUT2D eigenvalue weighted by atomic mass is 79.9. The molecule has 2 aromatic carbocycles. The number of carbonyl (C=O) groups excluding carboxylic acids is 1. The lowest BCUT2D eigenvalue weighted by Gasteiger charge is -2.16. The molecule has 0 bridgehead atoms. The Balaban J connectivity index is 1.72. The number of hydrogen-bond acceptors (Lipinski definition) is 2. The normalized spacial score (nSPS) is 18.1. The van der Waals surface area contributed by atoms with Gasteiger partial charge in [-0.1, -0.05) is 15.9 Å². The SMILES string of the molecule is O=C1CC(Cl)CN1c1ccc(Oc2ccc(Br)cc2)cc1. The number of halogens is 2. The van der Waals surface area contributed by atoms with Crippen LogP contribution in [0.5, 0.6) is 11.5 Å². The van der Waals surface area contributed by atoms with Gasteiger partial charge in [0.1, 0.15) is 11.5 Å². The van der Waals surface area contributed by atoms with Crippen LogP contribution < -0.4 is 9.64 Å². The first-order valence-electron chi connectivity index (χ1n) is 6.60. The number of benzene rings is 2. The highest BCUT2D eigenvalue weighted by Gasteiger charge is 2.28. The predicted molar refractivity (Wildman–Crippen MR) is 87.3 cm³/mol. The molecule has 1 aliphatic rings. The van der Waals surface area contributed by atoms with Crippen LogP contribution >= 0.6 is 27.5 Å². The molecule has 0 N–H and O–H groups in total. The molecule has 0 radical (unpaired) electrons. The average Bonchev–Trinajstić information content (AvgIpc) is 2.81. The summed E-state index contributed by atoms with van der Waals surface area (Å²) in [6.07, 6.45) is 0.401. The number of hydrogen-bond donors (Lipinski definition) is 0. The summed E-state index contributed by atoms with van der Waals surface area (Å²) < 4.78 is 6.76. The second-order valence-electron chi connectivity index (χ2n) is 4.86. The summed E-state index contributed by atoms with van der Waals surface area (Å²) in [5.41, 5.74) is 0.853. The first-order chi connectivity index (χ1) is 10.1. The Morgan fingerprint density at radius 2 is 1.62 bits per heavy atom. The molecule has 0 aliphatic carbocycles. The monoisotopic (exact) mass is 365 g/mol. The van der Waals surface area contributed by atoms with Crippen molar-refractivity contribution in [3.05, 3.63) is 53.0 Å². The number of carbonyl (C=O) groups is 1. The van der Waals surface area contributed by atoms with Gasteiger partial charge >= 0.3 is 0 Å². The molecule has 3 nitrogen and oxygen atoms in total. The van der Waals surface area contributed by atoms with Crippen molar-refractivity contribution in [1.82, 2.24) is 0 Å². The summed E-state index contributed by atoms with van der Waals surface area (Å²) in [5.74, 6) is 1.57. The highest BCUT2D eigenvalue weighted by molar-refractivity contribution is 9.10. The molecule has 1 aliphatic heterocycles. The molecule has 0 aromatic heterocycles. The molecule has 108 valence electrons. The standard InChI is InChI=1S/C16H13BrClNO2/c17-11-1-5-14(6-2-11)21-15-7-3-13(4-8-15)19-10-12(18)9-16(19)20/h1-8,12H,9-10H2. The number of amides is 1. The maximum Gasteiger partial charge on any atom is 0.228 e. The van der Waals surface area contributed by atoms with E-state index in [1.54, 1.807) is 4.90 Å². The molecule has 1 amide bonds. The largest absolute Gasteiger partial charge is 0.457 e. The van der Waals surface area contributed by atoms with Crippen LogP contribution in [0.2, 0.25) is 0 Å². The Morgan fingerprint density at radius 1 is 1.05 bits per heavy atom. The van der Waals surface area contributed by atoms with Crippen LogP contribution in [0.15, 0.2) is 53.0 Å². The van der Waals surface area contributed by atoms with E-state index in [0.717, 1.165) is 21.7 Å². The lowest BCUT2D eigenvalue weighted by molar-refractivity contribution is -0.117. The van der Waals surface area contributed by atoms with E-state index < -0.39 is 0 Å². The summed E-state index contributed by atoms with van der Waals surface area (Å²) in [5, 5.41) is -0.101. The molecule has 2 aromatic rings. The summed E-state index contributed by atoms with van der Waals surface area (Å²) >= 11 is 9.40. The lowest BCUT2D eigenvalue weighted by atomic mass is 10.2. The molecule has 3 rings (SSSR count). The van der Waals surface area contributed by atoms with Crippen molar-refractivity contribution in [3.8, 4) is 11.5 Å². The van der Waals surface area contributed by atoms with E-state index in [0.29, 0.717) is 13.0 Å². The summed E-state index contributed by atoms with van der Waals surface area (Å²) in [6.45, 7) is 0.563. The average molecular weight is 367 g/mol. The third-order valence-electron chi connectivity index (χ3n) is 3.28. The van der Waals surface area contributed by atoms with Gasteiger partial charge in [0, 0.05) is 23.1 Å². The number of alkyl halides is 1. The smallest absolute Gasteiger partial charge is 0.228 e. The zero-order chi connectivity index (χ0) is 14.8. The number of rotatable bonds is 3. The van der Waals surface area contributed by atoms with Crippen LogP contribution in [-0.2, 0) is 4.79 Å². The Hall–Kier alpha value is -1.52. The third-order valence-corrected chi connectivity index (χ3v) is 4.10. The van der Waals surface area contributed by atoms with Crippen LogP contribution in [-0.4, -0.2) is 17.8 Å². The molecule has 1 atom stereocenters. The van der Waals surface area contributed by atoms with E-state index in [1.807, 2.05) is 48.5 Å². The lowest BCUT2D eigenvalue weighted by Crippen LogP contribution is -2.24. The molecule has 5 heteroatoms. The minimum Gasteiger partial charge on any atom is -0.457 e. The molecule has 0 spiro atoms. The molecule has 0 saturated carbocycles. The Labute approximate surface area is 136 Å². The van der Waals surface area contributed by atoms with Crippen LogP contribution in [0, 0.1) is 0 Å². The quantitative estimate of drug-likeness (QED) is 0.744. The second kappa shape index (κ2) is 6.08. The zero-order valence-corrected chi connectivity index (χ0v) is 13.5. The van der Waals surface area contributed by atoms with Gasteiger partial charge < -0.3 is 9.64 Å². The fourth-order valence-electron chi connectivity index (χ4n) is 2.25. The van der Waals surface area contributed by atoms with Gasteiger partial charge in [-0.25, -0.2) is 0 Å².